The maximum absolute atomic E-state index is 7.14. The van der Waals surface area contributed by atoms with Gasteiger partial charge in [-0.15, -0.1) is 0 Å². The van der Waals surface area contributed by atoms with Crippen LogP contribution < -0.4 is 32.0 Å². The van der Waals surface area contributed by atoms with Crippen molar-refractivity contribution in [2.45, 2.75) is 0 Å². The van der Waals surface area contributed by atoms with Crippen molar-refractivity contribution >= 4 is 41.2 Å². The van der Waals surface area contributed by atoms with E-state index in [0.717, 1.165) is 0 Å². The number of nitrogens with two attached hydrogens (primary N) is 1. The van der Waals surface area contributed by atoms with E-state index in [1.807, 2.05) is 0 Å². The molecule has 0 saturated carbocycles. The Hall–Kier alpha value is -2.30. The van der Waals surface area contributed by atoms with E-state index < -0.39 is 14.7 Å². The van der Waals surface area contributed by atoms with Crippen LogP contribution in [0.15, 0.2) is 115 Å². The van der Waals surface area contributed by atoms with Crippen LogP contribution in [0.5, 0.6) is 0 Å². The molecule has 0 bridgehead atoms. The summed E-state index contributed by atoms with van der Waals surface area (Å²) in [5.41, 5.74) is 7.14. The number of rotatable bonds is 5. The Morgan fingerprint density at radius 1 is 0.448 bits per heavy atom. The molecule has 1 atom stereocenters. The van der Waals surface area contributed by atoms with Gasteiger partial charge in [0.2, 0.25) is 0 Å². The highest BCUT2D eigenvalue weighted by molar-refractivity contribution is 7.97. The molecule has 4 rings (SSSR count). The number of benzene rings is 4. The van der Waals surface area contributed by atoms with Gasteiger partial charge in [-0.1, -0.05) is 66.7 Å². The maximum atomic E-state index is 7.14. The molecular formula is C26H27NP2+2. The molecule has 0 saturated heterocycles. The van der Waals surface area contributed by atoms with Crippen LogP contribution in [0.25, 0.3) is 0 Å². The highest BCUT2D eigenvalue weighted by atomic mass is 31.2. The van der Waals surface area contributed by atoms with E-state index in [0.29, 0.717) is 0 Å². The minimum absolute atomic E-state index is 1.24. The lowest BCUT2D eigenvalue weighted by molar-refractivity contribution is 1.70. The number of hydrogen-bond donors (Lipinski definition) is 1. The third-order valence-electron chi connectivity index (χ3n) is 5.70. The quantitative estimate of drug-likeness (QED) is 0.489. The van der Waals surface area contributed by atoms with Crippen LogP contribution in [0, 0.1) is 0 Å². The molecule has 0 amide bonds. The van der Waals surface area contributed by atoms with E-state index in [1.54, 1.807) is 0 Å². The molecule has 3 heteroatoms. The van der Waals surface area contributed by atoms with Crippen LogP contribution in [0.2, 0.25) is 0 Å². The summed E-state index contributed by atoms with van der Waals surface area (Å²) in [6.45, 7) is 4.67. The topological polar surface area (TPSA) is 26.0 Å². The SMILES string of the molecule is C[P+](N)(c1ccccc1)c1ccccc1[P+](C)(c1ccccc1)c1ccccc1. The summed E-state index contributed by atoms with van der Waals surface area (Å²) >= 11 is 0. The Morgan fingerprint density at radius 3 is 1.24 bits per heavy atom. The molecule has 0 aromatic heterocycles. The van der Waals surface area contributed by atoms with Crippen molar-refractivity contribution in [2.75, 3.05) is 13.3 Å². The lowest BCUT2D eigenvalue weighted by atomic mass is 10.3. The molecule has 4 aromatic rings. The van der Waals surface area contributed by atoms with Gasteiger partial charge in [-0.2, -0.15) is 5.50 Å². The first-order valence-electron chi connectivity index (χ1n) is 9.83. The van der Waals surface area contributed by atoms with Crippen molar-refractivity contribution in [3.63, 3.8) is 0 Å². The molecule has 2 N–H and O–H groups in total. The van der Waals surface area contributed by atoms with Crippen molar-refractivity contribution < 1.29 is 0 Å². The Kier molecular flexibility index (Phi) is 5.66. The molecule has 0 aliphatic heterocycles. The molecule has 0 heterocycles. The molecule has 4 aromatic carbocycles. The van der Waals surface area contributed by atoms with Gasteiger partial charge in [0, 0.05) is 0 Å². The maximum Gasteiger partial charge on any atom is 0.158 e. The molecular weight excluding hydrogens is 388 g/mol. The zero-order chi connectivity index (χ0) is 20.3. The normalized spacial score (nSPS) is 13.6. The van der Waals surface area contributed by atoms with Gasteiger partial charge in [0.05, 0.1) is 13.3 Å². The summed E-state index contributed by atoms with van der Waals surface area (Å²) in [7, 11) is -3.83. The van der Waals surface area contributed by atoms with E-state index in [4.69, 9.17) is 5.50 Å². The molecule has 0 aliphatic carbocycles. The highest BCUT2D eigenvalue weighted by Crippen LogP contribution is 2.54. The third kappa shape index (κ3) is 3.67. The average molecular weight is 415 g/mol. The van der Waals surface area contributed by atoms with Gasteiger partial charge < -0.3 is 0 Å². The second kappa shape index (κ2) is 8.21. The fourth-order valence-corrected chi connectivity index (χ4v) is 10.5. The fourth-order valence-electron chi connectivity index (χ4n) is 3.99. The standard InChI is InChI=1S/C26H27NP2/c1-28(22-14-6-3-7-15-22,23-16-8-4-9-17-23)25-20-12-13-21-26(25)29(2,27)24-18-10-5-11-19-24/h3-21H,27H2,1-2H3/q+2. The molecule has 0 spiro atoms. The Labute approximate surface area is 175 Å². The van der Waals surface area contributed by atoms with Crippen LogP contribution in [0.1, 0.15) is 0 Å². The van der Waals surface area contributed by atoms with Crippen LogP contribution in [0.3, 0.4) is 0 Å². The summed E-state index contributed by atoms with van der Waals surface area (Å²) < 4.78 is 0. The Bertz CT molecular complexity index is 1040. The van der Waals surface area contributed by atoms with Crippen LogP contribution in [-0.4, -0.2) is 13.3 Å². The Morgan fingerprint density at radius 2 is 0.793 bits per heavy atom. The predicted molar refractivity (Wildman–Crippen MR) is 134 cm³/mol. The van der Waals surface area contributed by atoms with Crippen LogP contribution in [0.4, 0.5) is 0 Å². The van der Waals surface area contributed by atoms with E-state index in [9.17, 15) is 0 Å². The molecule has 0 radical (unpaired) electrons. The predicted octanol–water partition coefficient (Wildman–Crippen LogP) is 4.08. The first-order valence-corrected chi connectivity index (χ1v) is 14.4. The molecule has 29 heavy (non-hydrogen) atoms. The molecule has 144 valence electrons. The minimum Gasteiger partial charge on any atom is -0.196 e. The summed E-state index contributed by atoms with van der Waals surface area (Å²) in [6.07, 6.45) is 0. The van der Waals surface area contributed by atoms with Gasteiger partial charge in [-0.25, -0.2) is 0 Å². The van der Waals surface area contributed by atoms with Crippen molar-refractivity contribution in [1.82, 2.24) is 0 Å². The summed E-state index contributed by atoms with van der Waals surface area (Å²) in [5.74, 6) is 0. The minimum atomic E-state index is -1.99. The molecule has 1 unspecified atom stereocenters. The van der Waals surface area contributed by atoms with Gasteiger partial charge in [-0.3, -0.25) is 0 Å². The largest absolute Gasteiger partial charge is 0.196 e. The van der Waals surface area contributed by atoms with E-state index >= 15 is 0 Å². The molecule has 1 nitrogen and oxygen atoms in total. The lowest BCUT2D eigenvalue weighted by Gasteiger charge is -2.27. The van der Waals surface area contributed by atoms with Gasteiger partial charge in [-0.05, 0) is 48.5 Å². The molecule has 0 fully saturated rings. The fraction of sp³-hybridized carbons (Fsp3) is 0.0769. The van der Waals surface area contributed by atoms with Crippen molar-refractivity contribution in [3.05, 3.63) is 115 Å². The smallest absolute Gasteiger partial charge is 0.158 e. The van der Waals surface area contributed by atoms with Gasteiger partial charge in [0.15, 0.2) is 5.30 Å². The van der Waals surface area contributed by atoms with Crippen molar-refractivity contribution in [1.29, 1.82) is 0 Å². The summed E-state index contributed by atoms with van der Waals surface area (Å²) in [6, 6.07) is 41.3. The first kappa shape index (κ1) is 20.0. The van der Waals surface area contributed by atoms with Crippen molar-refractivity contribution in [2.24, 2.45) is 5.50 Å². The van der Waals surface area contributed by atoms with E-state index in [2.05, 4.69) is 129 Å². The van der Waals surface area contributed by atoms with Crippen molar-refractivity contribution in [3.8, 4) is 0 Å². The monoisotopic (exact) mass is 415 g/mol. The lowest BCUT2D eigenvalue weighted by Crippen LogP contribution is -2.42. The second-order valence-corrected chi connectivity index (χ2v) is 14.3. The summed E-state index contributed by atoms with van der Waals surface area (Å²) in [4.78, 5) is 0. The second-order valence-electron chi connectivity index (χ2n) is 7.58. The zero-order valence-electron chi connectivity index (χ0n) is 16.9. The van der Waals surface area contributed by atoms with Crippen LogP contribution >= 0.6 is 14.7 Å². The zero-order valence-corrected chi connectivity index (χ0v) is 18.7. The van der Waals surface area contributed by atoms with E-state index in [1.165, 1.54) is 26.5 Å². The molecule has 0 aliphatic rings. The number of hydrogen-bond acceptors (Lipinski definition) is 1. The van der Waals surface area contributed by atoms with Gasteiger partial charge >= 0.3 is 0 Å². The van der Waals surface area contributed by atoms with Gasteiger partial charge in [0.25, 0.3) is 0 Å². The third-order valence-corrected chi connectivity index (χ3v) is 12.7. The Balaban J connectivity index is 1.99. The summed E-state index contributed by atoms with van der Waals surface area (Å²) in [5, 5.41) is 6.69. The van der Waals surface area contributed by atoms with Gasteiger partial charge in [0.1, 0.15) is 35.9 Å². The first-order chi connectivity index (χ1) is 14.0. The van der Waals surface area contributed by atoms with E-state index in [-0.39, 0.29) is 0 Å². The highest BCUT2D eigenvalue weighted by Gasteiger charge is 2.48. The van der Waals surface area contributed by atoms with Crippen LogP contribution in [-0.2, 0) is 0 Å². The average Bonchev–Trinajstić information content (AvgIpc) is 2.80.